The number of fused-ring (bicyclic) bond motifs is 1. The molecule has 0 aromatic heterocycles. The monoisotopic (exact) mass is 332 g/mol. The Morgan fingerprint density at radius 2 is 2.17 bits per heavy atom. The lowest BCUT2D eigenvalue weighted by atomic mass is 10.2. The number of amides is 1. The highest BCUT2D eigenvalue weighted by atomic mass is 79.9. The third-order valence-corrected chi connectivity index (χ3v) is 5.67. The van der Waals surface area contributed by atoms with Crippen LogP contribution in [0.1, 0.15) is 6.42 Å². The molecule has 7 heteroatoms. The fourth-order valence-corrected chi connectivity index (χ4v) is 4.31. The molecule has 2 rings (SSSR count). The van der Waals surface area contributed by atoms with Crippen LogP contribution in [-0.4, -0.2) is 33.2 Å². The van der Waals surface area contributed by atoms with Crippen LogP contribution in [0.3, 0.4) is 0 Å². The number of carbonyl (C=O) groups excluding carboxylic acids is 1. The van der Waals surface area contributed by atoms with Crippen LogP contribution in [-0.2, 0) is 14.6 Å². The molecule has 18 heavy (non-hydrogen) atoms. The normalized spacial score (nSPS) is 21.2. The second-order valence-electron chi connectivity index (χ2n) is 4.03. The van der Waals surface area contributed by atoms with Gasteiger partial charge in [-0.25, -0.2) is 8.42 Å². The molecular weight excluding hydrogens is 320 g/mol. The number of nitrogens with one attached hydrogen (secondary N) is 2. The van der Waals surface area contributed by atoms with Gasteiger partial charge in [0.15, 0.2) is 9.84 Å². The molecular formula is C11H13BrN2O3S. The predicted octanol–water partition coefficient (Wildman–Crippen LogP) is 1.15. The molecule has 98 valence electrons. The number of rotatable bonds is 3. The van der Waals surface area contributed by atoms with Gasteiger partial charge in [-0.15, -0.1) is 0 Å². The van der Waals surface area contributed by atoms with Gasteiger partial charge in [-0.1, -0.05) is 6.07 Å². The lowest BCUT2D eigenvalue weighted by Gasteiger charge is -2.25. The highest BCUT2D eigenvalue weighted by Gasteiger charge is 2.40. The number of benzene rings is 1. The molecule has 0 spiro atoms. The fourth-order valence-electron chi connectivity index (χ4n) is 1.92. The van der Waals surface area contributed by atoms with Gasteiger partial charge in [0.1, 0.15) is 5.25 Å². The lowest BCUT2D eigenvalue weighted by molar-refractivity contribution is -0.116. The smallest absolute Gasteiger partial charge is 0.243 e. The zero-order chi connectivity index (χ0) is 13.3. The molecule has 5 nitrogen and oxygen atoms in total. The van der Waals surface area contributed by atoms with E-state index in [1.165, 1.54) is 6.07 Å². The molecule has 0 saturated carbocycles. The minimum Gasteiger partial charge on any atom is -0.323 e. The fraction of sp³-hybridized carbons (Fsp3) is 0.364. The van der Waals surface area contributed by atoms with Crippen LogP contribution in [0.25, 0.3) is 0 Å². The summed E-state index contributed by atoms with van der Waals surface area (Å²) >= 11 is 3.24. The second kappa shape index (κ2) is 4.99. The number of hydrogen-bond acceptors (Lipinski definition) is 4. The Hall–Kier alpha value is -0.920. The molecule has 1 aliphatic rings. The maximum atomic E-state index is 12.4. The van der Waals surface area contributed by atoms with Gasteiger partial charge in [0, 0.05) is 4.47 Å². The number of carbonyl (C=O) groups is 1. The van der Waals surface area contributed by atoms with Crippen molar-refractivity contribution in [2.45, 2.75) is 16.6 Å². The highest BCUT2D eigenvalue weighted by molar-refractivity contribution is 9.10. The zero-order valence-corrected chi connectivity index (χ0v) is 12.1. The Bertz CT molecular complexity index is 586. The summed E-state index contributed by atoms with van der Waals surface area (Å²) < 4.78 is 25.3. The van der Waals surface area contributed by atoms with Crippen LogP contribution >= 0.6 is 15.9 Å². The van der Waals surface area contributed by atoms with E-state index in [9.17, 15) is 13.2 Å². The van der Waals surface area contributed by atoms with E-state index in [4.69, 9.17) is 0 Å². The van der Waals surface area contributed by atoms with Crippen molar-refractivity contribution in [2.24, 2.45) is 0 Å². The van der Waals surface area contributed by atoms with Crippen molar-refractivity contribution in [3.8, 4) is 0 Å². The van der Waals surface area contributed by atoms with E-state index < -0.39 is 21.0 Å². The van der Waals surface area contributed by atoms with Gasteiger partial charge < -0.3 is 10.6 Å². The predicted molar refractivity (Wildman–Crippen MR) is 72.3 cm³/mol. The minimum absolute atomic E-state index is 0.178. The van der Waals surface area contributed by atoms with Crippen LogP contribution < -0.4 is 10.6 Å². The van der Waals surface area contributed by atoms with Crippen LogP contribution in [0.4, 0.5) is 5.69 Å². The van der Waals surface area contributed by atoms with E-state index in [0.717, 1.165) is 0 Å². The maximum absolute atomic E-state index is 12.4. The summed E-state index contributed by atoms with van der Waals surface area (Å²) in [5.74, 6) is -0.468. The molecule has 0 saturated heterocycles. The topological polar surface area (TPSA) is 75.3 Å². The van der Waals surface area contributed by atoms with Crippen LogP contribution in [0, 0.1) is 0 Å². The summed E-state index contributed by atoms with van der Waals surface area (Å²) in [5.41, 5.74) is 0.336. The number of halogens is 1. The molecule has 2 N–H and O–H groups in total. The zero-order valence-electron chi connectivity index (χ0n) is 9.73. The third-order valence-electron chi connectivity index (χ3n) is 2.85. The second-order valence-corrected chi connectivity index (χ2v) is 6.98. The molecule has 1 unspecified atom stereocenters. The van der Waals surface area contributed by atoms with E-state index in [1.807, 2.05) is 0 Å². The summed E-state index contributed by atoms with van der Waals surface area (Å²) in [6, 6.07) is 4.86. The summed E-state index contributed by atoms with van der Waals surface area (Å²) in [4.78, 5) is 12.1. The van der Waals surface area contributed by atoms with Crippen molar-refractivity contribution >= 4 is 37.4 Å². The molecule has 1 aliphatic heterocycles. The number of para-hydroxylation sites is 1. The molecule has 1 atom stereocenters. The Balaban J connectivity index is 2.50. The molecule has 0 radical (unpaired) electrons. The van der Waals surface area contributed by atoms with Crippen LogP contribution in [0.5, 0.6) is 0 Å². The van der Waals surface area contributed by atoms with Crippen LogP contribution in [0.2, 0.25) is 0 Å². The summed E-state index contributed by atoms with van der Waals surface area (Å²) in [7, 11) is -1.89. The number of anilines is 1. The Morgan fingerprint density at radius 3 is 2.83 bits per heavy atom. The van der Waals surface area contributed by atoms with Gasteiger partial charge in [-0.05, 0) is 48.1 Å². The van der Waals surface area contributed by atoms with Gasteiger partial charge >= 0.3 is 0 Å². The maximum Gasteiger partial charge on any atom is 0.243 e. The van der Waals surface area contributed by atoms with Crippen molar-refractivity contribution in [3.63, 3.8) is 0 Å². The molecule has 1 heterocycles. The summed E-state index contributed by atoms with van der Waals surface area (Å²) in [5, 5.41) is 4.48. The van der Waals surface area contributed by atoms with Crippen LogP contribution in [0.15, 0.2) is 27.6 Å². The first-order chi connectivity index (χ1) is 8.48. The standard InChI is InChI=1S/C11H13BrN2O3S/c1-13-6-5-9-11(15)14-10-7(12)3-2-4-8(10)18(9,16)17/h2-4,9,13H,5-6H2,1H3,(H,14,15). The van der Waals surface area contributed by atoms with Gasteiger partial charge in [-0.2, -0.15) is 0 Å². The quantitative estimate of drug-likeness (QED) is 0.870. The Kier molecular flexibility index (Phi) is 3.74. The van der Waals surface area contributed by atoms with Gasteiger partial charge in [-0.3, -0.25) is 4.79 Å². The Morgan fingerprint density at radius 1 is 1.44 bits per heavy atom. The molecule has 1 aromatic carbocycles. The summed E-state index contributed by atoms with van der Waals surface area (Å²) in [6.45, 7) is 0.473. The highest BCUT2D eigenvalue weighted by Crippen LogP contribution is 2.36. The minimum atomic E-state index is -3.61. The number of sulfone groups is 1. The van der Waals surface area contributed by atoms with Gasteiger partial charge in [0.05, 0.1) is 10.6 Å². The molecule has 1 amide bonds. The van der Waals surface area contributed by atoms with Crippen molar-refractivity contribution in [3.05, 3.63) is 22.7 Å². The first kappa shape index (κ1) is 13.5. The van der Waals surface area contributed by atoms with Gasteiger partial charge in [0.2, 0.25) is 5.91 Å². The third kappa shape index (κ3) is 2.17. The lowest BCUT2D eigenvalue weighted by Crippen LogP contribution is -2.41. The van der Waals surface area contributed by atoms with E-state index in [1.54, 1.807) is 19.2 Å². The summed E-state index contributed by atoms with van der Waals surface area (Å²) in [6.07, 6.45) is 0.261. The van der Waals surface area contributed by atoms with Gasteiger partial charge in [0.25, 0.3) is 0 Å². The van der Waals surface area contributed by atoms with E-state index in [2.05, 4.69) is 26.6 Å². The van der Waals surface area contributed by atoms with Crippen molar-refractivity contribution < 1.29 is 13.2 Å². The van der Waals surface area contributed by atoms with E-state index in [-0.39, 0.29) is 11.3 Å². The van der Waals surface area contributed by atoms with Crippen molar-refractivity contribution in [1.82, 2.24) is 5.32 Å². The SMILES string of the molecule is CNCCC1C(=O)Nc2c(Br)cccc2S1(=O)=O. The first-order valence-electron chi connectivity index (χ1n) is 5.46. The molecule has 0 aliphatic carbocycles. The molecule has 0 bridgehead atoms. The average Bonchev–Trinajstić information content (AvgIpc) is 2.30. The molecule has 1 aromatic rings. The first-order valence-corrected chi connectivity index (χ1v) is 7.80. The Labute approximate surface area is 114 Å². The van der Waals surface area contributed by atoms with E-state index in [0.29, 0.717) is 16.7 Å². The van der Waals surface area contributed by atoms with Crippen molar-refractivity contribution in [2.75, 3.05) is 18.9 Å². The largest absolute Gasteiger partial charge is 0.323 e. The molecule has 0 fully saturated rings. The average molecular weight is 333 g/mol. The van der Waals surface area contributed by atoms with E-state index >= 15 is 0 Å². The van der Waals surface area contributed by atoms with Crippen molar-refractivity contribution in [1.29, 1.82) is 0 Å². The number of hydrogen-bond donors (Lipinski definition) is 2.